The van der Waals surface area contributed by atoms with Crippen LogP contribution in [0.2, 0.25) is 0 Å². The predicted molar refractivity (Wildman–Crippen MR) is 42.8 cm³/mol. The predicted octanol–water partition coefficient (Wildman–Crippen LogP) is -0.258. The Bertz CT molecular complexity index is 360. The van der Waals surface area contributed by atoms with Crippen molar-refractivity contribution in [1.29, 1.82) is 0 Å². The third-order valence-corrected chi connectivity index (χ3v) is 1.45. The summed E-state index contributed by atoms with van der Waals surface area (Å²) in [5.74, 6) is 1.87. The maximum absolute atomic E-state index is 4.05. The molecule has 0 aliphatic carbocycles. The SMILES string of the molecule is CC1=N[N]C(n2ncnc2C)=N1. The molecule has 6 nitrogen and oxygen atoms in total. The quantitative estimate of drug-likeness (QED) is 0.528. The van der Waals surface area contributed by atoms with E-state index in [0.29, 0.717) is 11.8 Å². The molecule has 0 unspecified atom stereocenters. The Balaban J connectivity index is 2.35. The van der Waals surface area contributed by atoms with Gasteiger partial charge in [-0.1, -0.05) is 0 Å². The van der Waals surface area contributed by atoms with Crippen molar-refractivity contribution < 1.29 is 0 Å². The monoisotopic (exact) mass is 163 g/mol. The van der Waals surface area contributed by atoms with Crippen LogP contribution in [-0.2, 0) is 0 Å². The van der Waals surface area contributed by atoms with Crippen LogP contribution in [0.25, 0.3) is 0 Å². The summed E-state index contributed by atoms with van der Waals surface area (Å²) in [5, 5.41) is 7.70. The number of aromatic nitrogens is 3. The molecule has 0 atom stereocenters. The summed E-state index contributed by atoms with van der Waals surface area (Å²) in [7, 11) is 0. The fourth-order valence-electron chi connectivity index (χ4n) is 0.892. The molecule has 1 aliphatic heterocycles. The van der Waals surface area contributed by atoms with Crippen LogP contribution in [-0.4, -0.2) is 26.6 Å². The zero-order valence-electron chi connectivity index (χ0n) is 6.76. The number of hydrogen-bond acceptors (Lipinski definition) is 4. The first-order valence-electron chi connectivity index (χ1n) is 3.48. The zero-order valence-corrected chi connectivity index (χ0v) is 6.76. The lowest BCUT2D eigenvalue weighted by Gasteiger charge is -1.96. The molecule has 0 bridgehead atoms. The van der Waals surface area contributed by atoms with Crippen molar-refractivity contribution in [3.8, 4) is 0 Å². The zero-order chi connectivity index (χ0) is 8.55. The summed E-state index contributed by atoms with van der Waals surface area (Å²) in [6, 6.07) is 0. The normalized spacial score (nSPS) is 15.5. The van der Waals surface area contributed by atoms with E-state index in [9.17, 15) is 0 Å². The molecule has 0 N–H and O–H groups in total. The Morgan fingerprint density at radius 3 is 2.67 bits per heavy atom. The molecule has 0 spiro atoms. The van der Waals surface area contributed by atoms with E-state index < -0.39 is 0 Å². The van der Waals surface area contributed by atoms with Gasteiger partial charge in [0.1, 0.15) is 12.2 Å². The van der Waals surface area contributed by atoms with Gasteiger partial charge in [0.15, 0.2) is 5.84 Å². The summed E-state index contributed by atoms with van der Waals surface area (Å²) < 4.78 is 1.54. The molecule has 6 heteroatoms. The van der Waals surface area contributed by atoms with E-state index in [4.69, 9.17) is 0 Å². The van der Waals surface area contributed by atoms with Gasteiger partial charge < -0.3 is 0 Å². The van der Waals surface area contributed by atoms with Crippen LogP contribution in [0.5, 0.6) is 0 Å². The van der Waals surface area contributed by atoms with Crippen molar-refractivity contribution in [2.45, 2.75) is 13.8 Å². The maximum Gasteiger partial charge on any atom is 0.273 e. The lowest BCUT2D eigenvalue weighted by molar-refractivity contribution is 0.832. The highest BCUT2D eigenvalue weighted by atomic mass is 15.5. The van der Waals surface area contributed by atoms with E-state index in [1.807, 2.05) is 6.92 Å². The van der Waals surface area contributed by atoms with Crippen LogP contribution in [0.15, 0.2) is 16.4 Å². The second-order valence-corrected chi connectivity index (χ2v) is 2.38. The summed E-state index contributed by atoms with van der Waals surface area (Å²) in [6.45, 7) is 3.61. The second-order valence-electron chi connectivity index (χ2n) is 2.38. The Labute approximate surface area is 69.0 Å². The Morgan fingerprint density at radius 2 is 2.17 bits per heavy atom. The molecule has 1 aliphatic rings. The molecule has 0 aromatic carbocycles. The van der Waals surface area contributed by atoms with E-state index in [-0.39, 0.29) is 0 Å². The van der Waals surface area contributed by atoms with Gasteiger partial charge in [-0.15, -0.1) is 10.5 Å². The van der Waals surface area contributed by atoms with Gasteiger partial charge in [-0.05, 0) is 13.8 Å². The fraction of sp³-hybridized carbons (Fsp3) is 0.333. The number of hydrogen-bond donors (Lipinski definition) is 0. The van der Waals surface area contributed by atoms with Crippen molar-refractivity contribution in [2.24, 2.45) is 10.1 Å². The van der Waals surface area contributed by atoms with Crippen molar-refractivity contribution in [3.63, 3.8) is 0 Å². The third-order valence-electron chi connectivity index (χ3n) is 1.45. The highest BCUT2D eigenvalue weighted by Gasteiger charge is 2.13. The van der Waals surface area contributed by atoms with Gasteiger partial charge in [0.25, 0.3) is 5.96 Å². The maximum atomic E-state index is 4.05. The van der Waals surface area contributed by atoms with E-state index in [1.165, 1.54) is 6.33 Å². The first-order chi connectivity index (χ1) is 5.77. The second kappa shape index (κ2) is 2.40. The van der Waals surface area contributed by atoms with Crippen LogP contribution < -0.4 is 5.43 Å². The topological polar surface area (TPSA) is 69.5 Å². The summed E-state index contributed by atoms with van der Waals surface area (Å²) in [6.07, 6.45) is 1.46. The molecule has 2 heterocycles. The van der Waals surface area contributed by atoms with Gasteiger partial charge >= 0.3 is 0 Å². The summed E-state index contributed by atoms with van der Waals surface area (Å²) in [5.41, 5.74) is 3.82. The van der Waals surface area contributed by atoms with Crippen molar-refractivity contribution >= 4 is 11.8 Å². The molecule has 61 valence electrons. The van der Waals surface area contributed by atoms with Crippen molar-refractivity contribution in [1.82, 2.24) is 20.2 Å². The molecular weight excluding hydrogens is 156 g/mol. The van der Waals surface area contributed by atoms with Gasteiger partial charge in [0, 0.05) is 0 Å². The van der Waals surface area contributed by atoms with E-state index >= 15 is 0 Å². The van der Waals surface area contributed by atoms with Crippen LogP contribution >= 0.6 is 0 Å². The number of amidine groups is 1. The molecule has 0 amide bonds. The fourth-order valence-corrected chi connectivity index (χ4v) is 0.892. The van der Waals surface area contributed by atoms with E-state index in [2.05, 4.69) is 25.6 Å². The largest absolute Gasteiger partial charge is 0.273 e. The van der Waals surface area contributed by atoms with Gasteiger partial charge in [0.2, 0.25) is 0 Å². The molecule has 1 radical (unpaired) electrons. The Morgan fingerprint density at radius 1 is 1.33 bits per heavy atom. The van der Waals surface area contributed by atoms with Crippen LogP contribution in [0, 0.1) is 6.92 Å². The van der Waals surface area contributed by atoms with Gasteiger partial charge in [-0.25, -0.2) is 4.98 Å². The molecule has 0 saturated carbocycles. The molecular formula is C6H7N6. The minimum Gasteiger partial charge on any atom is -0.220 e. The smallest absolute Gasteiger partial charge is 0.220 e. The van der Waals surface area contributed by atoms with Crippen LogP contribution in [0.4, 0.5) is 0 Å². The van der Waals surface area contributed by atoms with Crippen LogP contribution in [0.1, 0.15) is 12.7 Å². The molecule has 0 fully saturated rings. The van der Waals surface area contributed by atoms with Crippen LogP contribution in [0.3, 0.4) is 0 Å². The number of rotatable bonds is 0. The Kier molecular flexibility index (Phi) is 1.39. The summed E-state index contributed by atoms with van der Waals surface area (Å²) in [4.78, 5) is 8.00. The number of aliphatic imine (C=N–C) groups is 1. The van der Waals surface area contributed by atoms with E-state index in [0.717, 1.165) is 5.82 Å². The van der Waals surface area contributed by atoms with E-state index in [1.54, 1.807) is 11.6 Å². The lowest BCUT2D eigenvalue weighted by atomic mass is 10.7. The average molecular weight is 163 g/mol. The Hall–Kier alpha value is -1.72. The molecule has 0 saturated heterocycles. The number of aryl methyl sites for hydroxylation is 1. The third kappa shape index (κ3) is 0.969. The van der Waals surface area contributed by atoms with Crippen molar-refractivity contribution in [2.75, 3.05) is 0 Å². The average Bonchev–Trinajstić information content (AvgIpc) is 2.58. The minimum atomic E-state index is 0.475. The molecule has 1 aromatic rings. The molecule has 1 aromatic heterocycles. The first kappa shape index (κ1) is 6.96. The molecule has 12 heavy (non-hydrogen) atoms. The lowest BCUT2D eigenvalue weighted by Crippen LogP contribution is -2.20. The van der Waals surface area contributed by atoms with Crippen molar-refractivity contribution in [3.05, 3.63) is 12.2 Å². The highest BCUT2D eigenvalue weighted by Crippen LogP contribution is 1.97. The summed E-state index contributed by atoms with van der Waals surface area (Å²) >= 11 is 0. The standard InChI is InChI=1S/C6H7N6/c1-4-9-6(11-10-4)12-5(2)7-3-8-12/h3H,1-2H3. The van der Waals surface area contributed by atoms with Gasteiger partial charge in [0.05, 0.1) is 0 Å². The first-order valence-corrected chi connectivity index (χ1v) is 3.48. The van der Waals surface area contributed by atoms with Gasteiger partial charge in [-0.2, -0.15) is 14.8 Å². The number of nitrogens with zero attached hydrogens (tertiary/aromatic N) is 6. The minimum absolute atomic E-state index is 0.475. The highest BCUT2D eigenvalue weighted by molar-refractivity contribution is 5.99. The molecule has 2 rings (SSSR count). The van der Waals surface area contributed by atoms with Gasteiger partial charge in [-0.3, -0.25) is 0 Å².